The minimum atomic E-state index is -2.86. The molecule has 3 rings (SSSR count). The lowest BCUT2D eigenvalue weighted by atomic mass is 9.82. The fourth-order valence-corrected chi connectivity index (χ4v) is 2.93. The maximum atomic E-state index is 13.3. The van der Waals surface area contributed by atoms with Crippen molar-refractivity contribution in [2.45, 2.75) is 37.2 Å². The van der Waals surface area contributed by atoms with E-state index in [1.165, 1.54) is 19.2 Å². The second-order valence-electron chi connectivity index (χ2n) is 5.88. The molecule has 8 heteroatoms. The summed E-state index contributed by atoms with van der Waals surface area (Å²) in [4.78, 5) is 41.7. The number of benzene rings is 1. The standard InChI is InChI=1S/C16H15F2NO5/c1-23-15(6-8-16(17,18)9-7-15)14(22)24-19-12(20)10-4-2-3-5-11(10)13(19)21/h2-5H,6-9H2,1H3. The van der Waals surface area contributed by atoms with Gasteiger partial charge in [-0.25, -0.2) is 13.6 Å². The van der Waals surface area contributed by atoms with Crippen molar-refractivity contribution in [2.75, 3.05) is 7.11 Å². The van der Waals surface area contributed by atoms with Gasteiger partial charge in [0.2, 0.25) is 5.92 Å². The Balaban J connectivity index is 1.78. The van der Waals surface area contributed by atoms with Crippen LogP contribution in [0.1, 0.15) is 46.4 Å². The molecule has 1 aromatic rings. The quantitative estimate of drug-likeness (QED) is 0.791. The highest BCUT2D eigenvalue weighted by atomic mass is 19.3. The smallest absolute Gasteiger partial charge is 0.364 e. The molecule has 128 valence electrons. The van der Waals surface area contributed by atoms with Gasteiger partial charge in [-0.15, -0.1) is 0 Å². The third kappa shape index (κ3) is 2.56. The number of hydrogen-bond donors (Lipinski definition) is 0. The summed E-state index contributed by atoms with van der Waals surface area (Å²) in [5.74, 6) is -5.42. The number of imide groups is 1. The number of carbonyl (C=O) groups excluding carboxylic acids is 3. The van der Waals surface area contributed by atoms with E-state index >= 15 is 0 Å². The van der Waals surface area contributed by atoms with Crippen LogP contribution < -0.4 is 0 Å². The first-order valence-corrected chi connectivity index (χ1v) is 7.43. The van der Waals surface area contributed by atoms with Gasteiger partial charge in [-0.05, 0) is 25.0 Å². The van der Waals surface area contributed by atoms with Crippen LogP contribution in [0.5, 0.6) is 0 Å². The Morgan fingerprint density at radius 3 is 2.00 bits per heavy atom. The number of alkyl halides is 2. The van der Waals surface area contributed by atoms with Crippen LogP contribution in [0.25, 0.3) is 0 Å². The molecule has 6 nitrogen and oxygen atoms in total. The lowest BCUT2D eigenvalue weighted by Gasteiger charge is -2.36. The highest BCUT2D eigenvalue weighted by Gasteiger charge is 2.51. The number of fused-ring (bicyclic) bond motifs is 1. The normalized spacial score (nSPS) is 21.5. The van der Waals surface area contributed by atoms with Crippen molar-refractivity contribution in [3.63, 3.8) is 0 Å². The molecule has 1 saturated carbocycles. The zero-order valence-corrected chi connectivity index (χ0v) is 12.9. The van der Waals surface area contributed by atoms with Crippen LogP contribution in [0.15, 0.2) is 24.3 Å². The second kappa shape index (κ2) is 5.62. The number of methoxy groups -OCH3 is 1. The van der Waals surface area contributed by atoms with Gasteiger partial charge in [0.25, 0.3) is 11.8 Å². The van der Waals surface area contributed by atoms with E-state index in [9.17, 15) is 23.2 Å². The monoisotopic (exact) mass is 339 g/mol. The molecule has 24 heavy (non-hydrogen) atoms. The molecule has 0 aromatic heterocycles. The molecule has 0 radical (unpaired) electrons. The van der Waals surface area contributed by atoms with Crippen LogP contribution in [0.4, 0.5) is 8.78 Å². The van der Waals surface area contributed by atoms with E-state index in [1.54, 1.807) is 12.1 Å². The average molecular weight is 339 g/mol. The molecule has 1 fully saturated rings. The van der Waals surface area contributed by atoms with Gasteiger partial charge in [0.1, 0.15) is 0 Å². The first-order chi connectivity index (χ1) is 11.3. The maximum Gasteiger partial charge on any atom is 0.364 e. The van der Waals surface area contributed by atoms with E-state index in [1.807, 2.05) is 0 Å². The first kappa shape index (κ1) is 16.5. The van der Waals surface area contributed by atoms with Crippen molar-refractivity contribution >= 4 is 17.8 Å². The Bertz CT molecular complexity index is 673. The number of hydroxylamine groups is 2. The third-order valence-electron chi connectivity index (χ3n) is 4.48. The molecule has 0 bridgehead atoms. The van der Waals surface area contributed by atoms with Gasteiger partial charge in [0.15, 0.2) is 5.60 Å². The molecular weight excluding hydrogens is 324 g/mol. The number of carbonyl (C=O) groups is 3. The molecule has 1 aliphatic heterocycles. The Morgan fingerprint density at radius 1 is 1.04 bits per heavy atom. The summed E-state index contributed by atoms with van der Waals surface area (Å²) in [7, 11) is 1.22. The lowest BCUT2D eigenvalue weighted by Crippen LogP contribution is -2.50. The summed E-state index contributed by atoms with van der Waals surface area (Å²) in [6, 6.07) is 6.04. The SMILES string of the molecule is COC1(C(=O)ON2C(=O)c3ccccc3C2=O)CCC(F)(F)CC1. The van der Waals surface area contributed by atoms with Gasteiger partial charge in [-0.1, -0.05) is 17.2 Å². The van der Waals surface area contributed by atoms with Crippen molar-refractivity contribution in [3.05, 3.63) is 35.4 Å². The number of hydrogen-bond acceptors (Lipinski definition) is 5. The Morgan fingerprint density at radius 2 is 1.54 bits per heavy atom. The summed E-state index contributed by atoms with van der Waals surface area (Å²) in [5, 5.41) is 0.362. The predicted molar refractivity (Wildman–Crippen MR) is 76.2 cm³/mol. The van der Waals surface area contributed by atoms with E-state index in [2.05, 4.69) is 0 Å². The predicted octanol–water partition coefficient (Wildman–Crippen LogP) is 2.34. The van der Waals surface area contributed by atoms with E-state index in [-0.39, 0.29) is 24.0 Å². The second-order valence-corrected chi connectivity index (χ2v) is 5.88. The maximum absolute atomic E-state index is 13.3. The first-order valence-electron chi connectivity index (χ1n) is 7.43. The molecule has 1 heterocycles. The average Bonchev–Trinajstić information content (AvgIpc) is 2.81. The third-order valence-corrected chi connectivity index (χ3v) is 4.48. The van der Waals surface area contributed by atoms with Crippen molar-refractivity contribution in [1.82, 2.24) is 5.06 Å². The fourth-order valence-electron chi connectivity index (χ4n) is 2.93. The van der Waals surface area contributed by atoms with Crippen molar-refractivity contribution < 1.29 is 32.7 Å². The largest absolute Gasteiger partial charge is 0.366 e. The van der Waals surface area contributed by atoms with Gasteiger partial charge < -0.3 is 9.57 Å². The Kier molecular flexibility index (Phi) is 3.87. The minimum absolute atomic E-state index is 0.122. The van der Waals surface area contributed by atoms with Crippen molar-refractivity contribution in [3.8, 4) is 0 Å². The van der Waals surface area contributed by atoms with E-state index in [0.29, 0.717) is 5.06 Å². The van der Waals surface area contributed by atoms with Gasteiger partial charge in [-0.2, -0.15) is 0 Å². The number of rotatable bonds is 3. The summed E-state index contributed by atoms with van der Waals surface area (Å²) in [6.45, 7) is 0. The molecule has 0 unspecified atom stereocenters. The number of amides is 2. The molecule has 1 aliphatic carbocycles. The van der Waals surface area contributed by atoms with Crippen LogP contribution in [0.2, 0.25) is 0 Å². The number of ether oxygens (including phenoxy) is 1. The summed E-state index contributed by atoms with van der Waals surface area (Å²) in [5.41, 5.74) is -1.34. The highest BCUT2D eigenvalue weighted by molar-refractivity contribution is 6.20. The van der Waals surface area contributed by atoms with Crippen LogP contribution >= 0.6 is 0 Å². The zero-order chi connectivity index (χ0) is 17.5. The Labute approximate surface area is 136 Å². The molecule has 2 aliphatic rings. The van der Waals surface area contributed by atoms with Crippen molar-refractivity contribution in [1.29, 1.82) is 0 Å². The van der Waals surface area contributed by atoms with Gasteiger partial charge in [0, 0.05) is 20.0 Å². The van der Waals surface area contributed by atoms with Crippen LogP contribution in [-0.4, -0.2) is 41.5 Å². The minimum Gasteiger partial charge on any atom is -0.366 e. The zero-order valence-electron chi connectivity index (χ0n) is 12.9. The lowest BCUT2D eigenvalue weighted by molar-refractivity contribution is -0.204. The van der Waals surface area contributed by atoms with Crippen molar-refractivity contribution in [2.24, 2.45) is 0 Å². The van der Waals surface area contributed by atoms with Crippen LogP contribution in [-0.2, 0) is 14.4 Å². The summed E-state index contributed by atoms with van der Waals surface area (Å²) >= 11 is 0. The van der Waals surface area contributed by atoms with Crippen LogP contribution in [0, 0.1) is 0 Å². The highest BCUT2D eigenvalue weighted by Crippen LogP contribution is 2.41. The van der Waals surface area contributed by atoms with E-state index < -0.39 is 42.1 Å². The molecule has 0 spiro atoms. The Hall–Kier alpha value is -2.35. The molecule has 0 saturated heterocycles. The van der Waals surface area contributed by atoms with Crippen LogP contribution in [0.3, 0.4) is 0 Å². The number of halogens is 2. The van der Waals surface area contributed by atoms with E-state index in [4.69, 9.17) is 9.57 Å². The fraction of sp³-hybridized carbons (Fsp3) is 0.438. The van der Waals surface area contributed by atoms with Gasteiger partial charge >= 0.3 is 5.97 Å². The number of nitrogens with zero attached hydrogens (tertiary/aromatic N) is 1. The summed E-state index contributed by atoms with van der Waals surface area (Å²) < 4.78 is 31.8. The van der Waals surface area contributed by atoms with E-state index in [0.717, 1.165) is 0 Å². The summed E-state index contributed by atoms with van der Waals surface area (Å²) in [6.07, 6.45) is -1.56. The molecule has 0 N–H and O–H groups in total. The van der Waals surface area contributed by atoms with Gasteiger partial charge in [0.05, 0.1) is 11.1 Å². The molecule has 1 aromatic carbocycles. The topological polar surface area (TPSA) is 72.9 Å². The van der Waals surface area contributed by atoms with Gasteiger partial charge in [-0.3, -0.25) is 9.59 Å². The molecular formula is C16H15F2NO5. The molecule has 0 atom stereocenters. The molecule has 2 amide bonds.